The molecule has 3 rings (SSSR count). The smallest absolute Gasteiger partial charge is 0.262 e. The minimum absolute atomic E-state index is 0.115. The van der Waals surface area contributed by atoms with Gasteiger partial charge in [0.25, 0.3) is 5.56 Å². The number of methoxy groups -OCH3 is 1. The largest absolute Gasteiger partial charge is 0.507 e. The molecule has 0 bridgehead atoms. The summed E-state index contributed by atoms with van der Waals surface area (Å²) >= 11 is 0. The van der Waals surface area contributed by atoms with E-state index in [9.17, 15) is 9.90 Å². The van der Waals surface area contributed by atoms with Gasteiger partial charge in [-0.15, -0.1) is 0 Å². The number of phenols is 1. The number of aryl methyl sites for hydroxylation is 2. The molecule has 0 saturated heterocycles. The van der Waals surface area contributed by atoms with Gasteiger partial charge in [-0.3, -0.25) is 9.36 Å². The number of fused-ring (bicyclic) bond motifs is 1. The fraction of sp³-hybridized carbons (Fsp3) is 0.286. The highest BCUT2D eigenvalue weighted by Gasteiger charge is 2.10. The predicted octanol–water partition coefficient (Wildman–Crippen LogP) is 3.20. The first-order chi connectivity index (χ1) is 13.5. The van der Waals surface area contributed by atoms with Gasteiger partial charge in [-0.05, 0) is 61.2 Å². The second-order valence-corrected chi connectivity index (χ2v) is 6.63. The topological polar surface area (TPSA) is 88.7 Å². The molecule has 3 aromatic rings. The molecule has 28 heavy (non-hydrogen) atoms. The van der Waals surface area contributed by atoms with E-state index in [1.54, 1.807) is 30.0 Å². The Morgan fingerprint density at radius 2 is 1.96 bits per heavy atom. The number of ether oxygens (including phenoxy) is 1. The molecule has 7 nitrogen and oxygen atoms in total. The quantitative estimate of drug-likeness (QED) is 0.373. The maximum absolute atomic E-state index is 12.9. The average Bonchev–Trinajstić information content (AvgIpc) is 2.68. The first-order valence-corrected chi connectivity index (χ1v) is 9.09. The summed E-state index contributed by atoms with van der Waals surface area (Å²) < 4.78 is 6.67. The van der Waals surface area contributed by atoms with Crippen molar-refractivity contribution in [2.45, 2.75) is 26.8 Å². The summed E-state index contributed by atoms with van der Waals surface area (Å²) in [7, 11) is 1.63. The number of rotatable bonds is 7. The van der Waals surface area contributed by atoms with E-state index in [0.717, 1.165) is 16.7 Å². The lowest BCUT2D eigenvalue weighted by Gasteiger charge is -2.12. The number of hydrogen-bond donors (Lipinski definition) is 2. The van der Waals surface area contributed by atoms with Crippen LogP contribution in [0.4, 0.5) is 5.95 Å². The molecular formula is C21H24N4O3. The van der Waals surface area contributed by atoms with E-state index in [2.05, 4.69) is 15.5 Å². The Kier molecular flexibility index (Phi) is 6.06. The van der Waals surface area contributed by atoms with Gasteiger partial charge in [0.15, 0.2) is 0 Å². The van der Waals surface area contributed by atoms with Crippen molar-refractivity contribution in [1.29, 1.82) is 0 Å². The highest BCUT2D eigenvalue weighted by Crippen LogP contribution is 2.22. The summed E-state index contributed by atoms with van der Waals surface area (Å²) in [5, 5.41) is 14.7. The standard InChI is InChI=1S/C21H24N4O3/c1-14-11-16(12-15(2)19(14)26)13-22-24-21-23-18-8-5-4-7-17(18)20(27)25(21)9-6-10-28-3/h4-5,7-8,11-13,26H,6,9-10H2,1-3H3,(H,23,24)/b22-13+. The lowest BCUT2D eigenvalue weighted by atomic mass is 10.1. The van der Waals surface area contributed by atoms with Crippen LogP contribution in [0.5, 0.6) is 5.75 Å². The van der Waals surface area contributed by atoms with Crippen molar-refractivity contribution in [1.82, 2.24) is 9.55 Å². The minimum atomic E-state index is -0.115. The first-order valence-electron chi connectivity index (χ1n) is 9.09. The maximum Gasteiger partial charge on any atom is 0.262 e. The fourth-order valence-corrected chi connectivity index (χ4v) is 3.06. The van der Waals surface area contributed by atoms with Crippen molar-refractivity contribution in [2.24, 2.45) is 5.10 Å². The molecule has 7 heteroatoms. The lowest BCUT2D eigenvalue weighted by Crippen LogP contribution is -2.24. The third-order valence-corrected chi connectivity index (χ3v) is 4.48. The van der Waals surface area contributed by atoms with Gasteiger partial charge in [0, 0.05) is 20.3 Å². The molecule has 0 aliphatic rings. The van der Waals surface area contributed by atoms with Crippen LogP contribution in [0.15, 0.2) is 46.3 Å². The summed E-state index contributed by atoms with van der Waals surface area (Å²) in [6, 6.07) is 10.9. The van der Waals surface area contributed by atoms with Gasteiger partial charge in [-0.25, -0.2) is 10.4 Å². The summed E-state index contributed by atoms with van der Waals surface area (Å²) in [6.07, 6.45) is 2.32. The van der Waals surface area contributed by atoms with Gasteiger partial charge in [-0.2, -0.15) is 5.10 Å². The van der Waals surface area contributed by atoms with E-state index in [1.807, 2.05) is 38.1 Å². The van der Waals surface area contributed by atoms with Crippen LogP contribution >= 0.6 is 0 Å². The zero-order valence-corrected chi connectivity index (χ0v) is 16.3. The molecule has 0 atom stereocenters. The van der Waals surface area contributed by atoms with Crippen molar-refractivity contribution in [3.8, 4) is 5.75 Å². The van der Waals surface area contributed by atoms with Crippen molar-refractivity contribution < 1.29 is 9.84 Å². The van der Waals surface area contributed by atoms with Crippen LogP contribution in [-0.2, 0) is 11.3 Å². The number of para-hydroxylation sites is 1. The van der Waals surface area contributed by atoms with E-state index >= 15 is 0 Å². The molecule has 0 spiro atoms. The molecule has 0 fully saturated rings. The third kappa shape index (κ3) is 4.20. The van der Waals surface area contributed by atoms with Crippen LogP contribution in [0.1, 0.15) is 23.1 Å². The van der Waals surface area contributed by atoms with E-state index in [0.29, 0.717) is 36.4 Å². The second kappa shape index (κ2) is 8.67. The minimum Gasteiger partial charge on any atom is -0.507 e. The number of aromatic nitrogens is 2. The van der Waals surface area contributed by atoms with E-state index in [1.165, 1.54) is 0 Å². The van der Waals surface area contributed by atoms with Crippen LogP contribution in [0.25, 0.3) is 10.9 Å². The zero-order chi connectivity index (χ0) is 20.1. The Balaban J connectivity index is 1.92. The molecule has 0 saturated carbocycles. The summed E-state index contributed by atoms with van der Waals surface area (Å²) in [4.78, 5) is 17.4. The van der Waals surface area contributed by atoms with Crippen LogP contribution in [0.3, 0.4) is 0 Å². The first kappa shape index (κ1) is 19.6. The third-order valence-electron chi connectivity index (χ3n) is 4.48. The fourth-order valence-electron chi connectivity index (χ4n) is 3.06. The molecule has 2 N–H and O–H groups in total. The number of anilines is 1. The van der Waals surface area contributed by atoms with Gasteiger partial charge in [0.1, 0.15) is 5.75 Å². The Morgan fingerprint density at radius 1 is 1.25 bits per heavy atom. The summed E-state index contributed by atoms with van der Waals surface area (Å²) in [5.74, 6) is 0.663. The summed E-state index contributed by atoms with van der Waals surface area (Å²) in [5.41, 5.74) is 5.79. The number of benzene rings is 2. The van der Waals surface area contributed by atoms with Gasteiger partial charge < -0.3 is 9.84 Å². The van der Waals surface area contributed by atoms with Gasteiger partial charge in [0.05, 0.1) is 17.1 Å². The number of hydrogen-bond acceptors (Lipinski definition) is 6. The number of phenolic OH excluding ortho intramolecular Hbond substituents is 1. The van der Waals surface area contributed by atoms with Crippen LogP contribution < -0.4 is 11.0 Å². The molecule has 0 aliphatic carbocycles. The molecule has 0 radical (unpaired) electrons. The van der Waals surface area contributed by atoms with Crippen molar-refractivity contribution in [2.75, 3.05) is 19.1 Å². The highest BCUT2D eigenvalue weighted by atomic mass is 16.5. The van der Waals surface area contributed by atoms with Crippen molar-refractivity contribution >= 4 is 23.1 Å². The normalized spacial score (nSPS) is 11.4. The Bertz CT molecular complexity index is 1050. The van der Waals surface area contributed by atoms with Crippen LogP contribution in [0.2, 0.25) is 0 Å². The second-order valence-electron chi connectivity index (χ2n) is 6.63. The van der Waals surface area contributed by atoms with Crippen LogP contribution in [0, 0.1) is 13.8 Å². The van der Waals surface area contributed by atoms with Gasteiger partial charge in [0.2, 0.25) is 5.95 Å². The van der Waals surface area contributed by atoms with Crippen molar-refractivity contribution in [3.63, 3.8) is 0 Å². The maximum atomic E-state index is 12.9. The Labute approximate surface area is 163 Å². The molecule has 1 aromatic heterocycles. The molecular weight excluding hydrogens is 356 g/mol. The number of hydrazone groups is 1. The zero-order valence-electron chi connectivity index (χ0n) is 16.3. The number of nitrogens with zero attached hydrogens (tertiary/aromatic N) is 3. The van der Waals surface area contributed by atoms with E-state index in [-0.39, 0.29) is 11.3 Å². The molecule has 0 unspecified atom stereocenters. The van der Waals surface area contributed by atoms with Crippen LogP contribution in [-0.4, -0.2) is 34.6 Å². The SMILES string of the molecule is COCCCn1c(N/N=C/c2cc(C)c(O)c(C)c2)nc2ccccc2c1=O. The van der Waals surface area contributed by atoms with Gasteiger partial charge in [-0.1, -0.05) is 12.1 Å². The van der Waals surface area contributed by atoms with Crippen molar-refractivity contribution in [3.05, 3.63) is 63.4 Å². The molecule has 1 heterocycles. The molecule has 0 aliphatic heterocycles. The number of aromatic hydroxyl groups is 1. The molecule has 0 amide bonds. The highest BCUT2D eigenvalue weighted by molar-refractivity contribution is 5.82. The lowest BCUT2D eigenvalue weighted by molar-refractivity contribution is 0.190. The van der Waals surface area contributed by atoms with E-state index in [4.69, 9.17) is 4.74 Å². The van der Waals surface area contributed by atoms with Gasteiger partial charge >= 0.3 is 0 Å². The number of nitrogens with one attached hydrogen (secondary N) is 1. The average molecular weight is 380 g/mol. The molecule has 146 valence electrons. The summed E-state index contributed by atoms with van der Waals surface area (Å²) in [6.45, 7) is 4.70. The predicted molar refractivity (Wildman–Crippen MR) is 111 cm³/mol. The Hall–Kier alpha value is -3.19. The monoisotopic (exact) mass is 380 g/mol. The molecule has 2 aromatic carbocycles. The van der Waals surface area contributed by atoms with E-state index < -0.39 is 0 Å². The Morgan fingerprint density at radius 3 is 2.68 bits per heavy atom.